The first-order valence-electron chi connectivity index (χ1n) is 7.63. The van der Waals surface area contributed by atoms with Crippen molar-refractivity contribution in [2.45, 2.75) is 17.7 Å². The molecule has 2 aliphatic heterocycles. The summed E-state index contributed by atoms with van der Waals surface area (Å²) in [4.78, 5) is 2.21. The van der Waals surface area contributed by atoms with Crippen LogP contribution in [-0.4, -0.2) is 38.5 Å². The van der Waals surface area contributed by atoms with Crippen LogP contribution < -0.4 is 19.1 Å². The van der Waals surface area contributed by atoms with Gasteiger partial charge in [0.15, 0.2) is 23.1 Å². The molecule has 0 unspecified atom stereocenters. The van der Waals surface area contributed by atoms with Gasteiger partial charge in [0.25, 0.3) is 10.0 Å². The molecule has 1 fully saturated rings. The number of hydrogen-bond acceptors (Lipinski definition) is 7. The topological polar surface area (TPSA) is 93.7 Å². The van der Waals surface area contributed by atoms with Gasteiger partial charge in [-0.1, -0.05) is 0 Å². The number of sulfonamides is 1. The summed E-state index contributed by atoms with van der Waals surface area (Å²) in [6, 6.07) is 7.85. The lowest BCUT2D eigenvalue weighted by Crippen LogP contribution is -2.20. The smallest absolute Gasteiger partial charge is 0.263 e. The van der Waals surface area contributed by atoms with Crippen LogP contribution in [0.2, 0.25) is 0 Å². The van der Waals surface area contributed by atoms with E-state index in [2.05, 4.69) is 19.8 Å². The van der Waals surface area contributed by atoms with Crippen LogP contribution in [0.1, 0.15) is 12.8 Å². The second-order valence-electron chi connectivity index (χ2n) is 5.59. The van der Waals surface area contributed by atoms with E-state index in [4.69, 9.17) is 9.47 Å². The average molecular weight is 348 g/mol. The maximum absolute atomic E-state index is 12.5. The Morgan fingerprint density at radius 1 is 1.00 bits per heavy atom. The van der Waals surface area contributed by atoms with E-state index in [1.54, 1.807) is 18.2 Å². The Labute approximate surface area is 139 Å². The molecule has 126 valence electrons. The number of nitrogens with zero attached hydrogens (tertiary/aromatic N) is 3. The standard InChI is InChI=1S/C15H16N4O4S/c20-24(21,11-3-4-12-13(9-11)23-10-22-12)18-14-5-6-15(17-16-14)19-7-1-2-8-19/h3-6,9H,1-2,7-8,10H2,(H,16,18). The molecular weight excluding hydrogens is 332 g/mol. The summed E-state index contributed by atoms with van der Waals surface area (Å²) < 4.78 is 37.7. The molecule has 24 heavy (non-hydrogen) atoms. The van der Waals surface area contributed by atoms with Crippen LogP contribution in [0.25, 0.3) is 0 Å². The Bertz CT molecular complexity index is 848. The molecule has 0 radical (unpaired) electrons. The average Bonchev–Trinajstić information content (AvgIpc) is 3.26. The van der Waals surface area contributed by atoms with Crippen LogP contribution in [0.15, 0.2) is 35.2 Å². The van der Waals surface area contributed by atoms with Gasteiger partial charge in [0.1, 0.15) is 0 Å². The largest absolute Gasteiger partial charge is 0.454 e. The molecule has 0 spiro atoms. The van der Waals surface area contributed by atoms with Crippen molar-refractivity contribution in [3.8, 4) is 11.5 Å². The molecule has 1 N–H and O–H groups in total. The van der Waals surface area contributed by atoms with E-state index in [0.29, 0.717) is 11.5 Å². The van der Waals surface area contributed by atoms with Gasteiger partial charge >= 0.3 is 0 Å². The Hall–Kier alpha value is -2.55. The molecule has 2 aliphatic rings. The van der Waals surface area contributed by atoms with E-state index < -0.39 is 10.0 Å². The maximum Gasteiger partial charge on any atom is 0.263 e. The van der Waals surface area contributed by atoms with E-state index in [1.165, 1.54) is 12.1 Å². The first-order chi connectivity index (χ1) is 11.6. The third-order valence-corrected chi connectivity index (χ3v) is 5.33. The molecule has 9 heteroatoms. The lowest BCUT2D eigenvalue weighted by atomic mass is 10.3. The molecule has 0 bridgehead atoms. The van der Waals surface area contributed by atoms with Crippen molar-refractivity contribution in [2.24, 2.45) is 0 Å². The zero-order valence-electron chi connectivity index (χ0n) is 12.8. The minimum Gasteiger partial charge on any atom is -0.454 e. The highest BCUT2D eigenvalue weighted by Gasteiger charge is 2.21. The van der Waals surface area contributed by atoms with Gasteiger partial charge in [-0.25, -0.2) is 8.42 Å². The number of benzene rings is 1. The van der Waals surface area contributed by atoms with Crippen LogP contribution in [0.3, 0.4) is 0 Å². The van der Waals surface area contributed by atoms with Crippen molar-refractivity contribution < 1.29 is 17.9 Å². The molecule has 1 saturated heterocycles. The summed E-state index contributed by atoms with van der Waals surface area (Å²) in [6.07, 6.45) is 2.28. The SMILES string of the molecule is O=S(=O)(Nc1ccc(N2CCCC2)nn1)c1ccc2c(c1)OCO2. The zero-order chi connectivity index (χ0) is 16.6. The second kappa shape index (κ2) is 5.82. The lowest BCUT2D eigenvalue weighted by Gasteiger charge is -2.15. The van der Waals surface area contributed by atoms with E-state index in [1.807, 2.05) is 0 Å². The summed E-state index contributed by atoms with van der Waals surface area (Å²) in [5.74, 6) is 1.88. The normalized spacial score (nSPS) is 16.4. The fourth-order valence-corrected chi connectivity index (χ4v) is 3.75. The minimum atomic E-state index is -3.77. The van der Waals surface area contributed by atoms with Gasteiger partial charge in [0, 0.05) is 19.2 Å². The van der Waals surface area contributed by atoms with Crippen LogP contribution in [0, 0.1) is 0 Å². The Kier molecular flexibility index (Phi) is 3.64. The molecule has 0 aliphatic carbocycles. The molecule has 3 heterocycles. The van der Waals surface area contributed by atoms with Crippen LogP contribution in [0.4, 0.5) is 11.6 Å². The predicted octanol–water partition coefficient (Wildman–Crippen LogP) is 1.61. The van der Waals surface area contributed by atoms with E-state index >= 15 is 0 Å². The van der Waals surface area contributed by atoms with Crippen molar-refractivity contribution in [1.29, 1.82) is 0 Å². The van der Waals surface area contributed by atoms with Crippen LogP contribution >= 0.6 is 0 Å². The fourth-order valence-electron chi connectivity index (χ4n) is 2.74. The first kappa shape index (κ1) is 15.0. The quantitative estimate of drug-likeness (QED) is 0.897. The van der Waals surface area contributed by atoms with Gasteiger partial charge in [-0.15, -0.1) is 10.2 Å². The van der Waals surface area contributed by atoms with Gasteiger partial charge in [-0.2, -0.15) is 0 Å². The lowest BCUT2D eigenvalue weighted by molar-refractivity contribution is 0.174. The zero-order valence-corrected chi connectivity index (χ0v) is 13.6. The van der Waals surface area contributed by atoms with Crippen molar-refractivity contribution >= 4 is 21.7 Å². The minimum absolute atomic E-state index is 0.0807. The molecule has 4 rings (SSSR count). The summed E-state index contributed by atoms with van der Waals surface area (Å²) in [6.45, 7) is 2.00. The predicted molar refractivity (Wildman–Crippen MR) is 86.9 cm³/mol. The number of anilines is 2. The second-order valence-corrected chi connectivity index (χ2v) is 7.27. The van der Waals surface area contributed by atoms with E-state index in [9.17, 15) is 8.42 Å². The maximum atomic E-state index is 12.5. The number of rotatable bonds is 4. The monoisotopic (exact) mass is 348 g/mol. The Balaban J connectivity index is 1.53. The van der Waals surface area contributed by atoms with E-state index in [-0.39, 0.29) is 17.5 Å². The molecule has 0 saturated carbocycles. The highest BCUT2D eigenvalue weighted by Crippen LogP contribution is 2.34. The number of aromatic nitrogens is 2. The Morgan fingerprint density at radius 3 is 2.54 bits per heavy atom. The number of fused-ring (bicyclic) bond motifs is 1. The van der Waals surface area contributed by atoms with Crippen molar-refractivity contribution in [3.05, 3.63) is 30.3 Å². The van der Waals surface area contributed by atoms with Gasteiger partial charge in [-0.05, 0) is 37.1 Å². The number of ether oxygens (including phenoxy) is 2. The summed E-state index contributed by atoms with van der Waals surface area (Å²) in [7, 11) is -3.77. The van der Waals surface area contributed by atoms with Crippen molar-refractivity contribution in [3.63, 3.8) is 0 Å². The van der Waals surface area contributed by atoms with Gasteiger partial charge in [-0.3, -0.25) is 4.72 Å². The molecule has 1 aromatic carbocycles. The molecule has 2 aromatic rings. The van der Waals surface area contributed by atoms with Gasteiger partial charge in [0.2, 0.25) is 6.79 Å². The van der Waals surface area contributed by atoms with Crippen LogP contribution in [-0.2, 0) is 10.0 Å². The van der Waals surface area contributed by atoms with Crippen molar-refractivity contribution in [2.75, 3.05) is 29.5 Å². The Morgan fingerprint density at radius 2 is 1.79 bits per heavy atom. The molecular formula is C15H16N4O4S. The van der Waals surface area contributed by atoms with Gasteiger partial charge in [0.05, 0.1) is 4.90 Å². The van der Waals surface area contributed by atoms with Crippen LogP contribution in [0.5, 0.6) is 11.5 Å². The first-order valence-corrected chi connectivity index (χ1v) is 9.11. The van der Waals surface area contributed by atoms with E-state index in [0.717, 1.165) is 31.7 Å². The molecule has 1 aromatic heterocycles. The molecule has 0 atom stereocenters. The summed E-state index contributed by atoms with van der Waals surface area (Å²) in [5.41, 5.74) is 0. The number of nitrogens with one attached hydrogen (secondary N) is 1. The third-order valence-electron chi connectivity index (χ3n) is 3.97. The van der Waals surface area contributed by atoms with Crippen molar-refractivity contribution in [1.82, 2.24) is 10.2 Å². The summed E-state index contributed by atoms with van der Waals surface area (Å²) >= 11 is 0. The highest BCUT2D eigenvalue weighted by atomic mass is 32.2. The number of hydrogen-bond donors (Lipinski definition) is 1. The highest BCUT2D eigenvalue weighted by molar-refractivity contribution is 7.92. The molecule has 0 amide bonds. The summed E-state index contributed by atoms with van der Waals surface area (Å²) in [5, 5.41) is 8.07. The third kappa shape index (κ3) is 2.82. The molecule has 8 nitrogen and oxygen atoms in total. The van der Waals surface area contributed by atoms with Gasteiger partial charge < -0.3 is 14.4 Å². The fraction of sp³-hybridized carbons (Fsp3) is 0.333.